The van der Waals surface area contributed by atoms with Crippen molar-refractivity contribution in [2.24, 2.45) is 0 Å². The number of carbonyl (C=O) groups excluding carboxylic acids is 2. The molecule has 4 rings (SSSR count). The largest absolute Gasteiger partial charge is 0.497 e. The Bertz CT molecular complexity index is 1870. The maximum atomic E-state index is 14.6. The van der Waals surface area contributed by atoms with E-state index in [-0.39, 0.29) is 30.3 Å². The summed E-state index contributed by atoms with van der Waals surface area (Å²) in [6, 6.07) is 22.7. The van der Waals surface area contributed by atoms with E-state index in [2.05, 4.69) is 5.32 Å². The van der Waals surface area contributed by atoms with Gasteiger partial charge in [-0.05, 0) is 73.9 Å². The maximum absolute atomic E-state index is 14.6. The lowest BCUT2D eigenvalue weighted by Gasteiger charge is -2.34. The summed E-state index contributed by atoms with van der Waals surface area (Å²) in [5.74, 6) is -1.23. The summed E-state index contributed by atoms with van der Waals surface area (Å²) >= 11 is 0. The fraction of sp³-hybridized carbons (Fsp3) is 0.278. The molecule has 0 radical (unpaired) electrons. The fourth-order valence-corrected chi connectivity index (χ4v) is 6.57. The fourth-order valence-electron chi connectivity index (χ4n) is 5.13. The quantitative estimate of drug-likeness (QED) is 0.123. The van der Waals surface area contributed by atoms with Gasteiger partial charge >= 0.3 is 0 Å². The van der Waals surface area contributed by atoms with Gasteiger partial charge in [0.25, 0.3) is 15.7 Å². The molecule has 0 spiro atoms. The molecular weight excluding hydrogens is 651 g/mol. The number of nitro benzene ring substituents is 1. The topological polar surface area (TPSA) is 139 Å². The Morgan fingerprint density at radius 3 is 2.20 bits per heavy atom. The van der Waals surface area contributed by atoms with Crippen molar-refractivity contribution in [3.8, 4) is 5.75 Å². The van der Waals surface area contributed by atoms with Crippen molar-refractivity contribution in [2.45, 2.75) is 57.1 Å². The number of halogens is 1. The average molecular weight is 691 g/mol. The van der Waals surface area contributed by atoms with Crippen LogP contribution in [0.25, 0.3) is 0 Å². The SMILES string of the molecule is CC[C@@H](C)NC(=O)[C@H](Cc1ccccc1)N(Cc1ccc(F)cc1)C(=O)CN(c1ccc(OC)cc1)S(=O)(=O)c1ccc(C)c([N+](=O)[O-])c1. The third-order valence-corrected chi connectivity index (χ3v) is 9.91. The van der Waals surface area contributed by atoms with Crippen molar-refractivity contribution in [3.63, 3.8) is 0 Å². The lowest BCUT2D eigenvalue weighted by atomic mass is 10.0. The zero-order valence-electron chi connectivity index (χ0n) is 27.7. The number of nitrogens with one attached hydrogen (secondary N) is 1. The maximum Gasteiger partial charge on any atom is 0.273 e. The molecule has 0 aliphatic rings. The van der Waals surface area contributed by atoms with Crippen LogP contribution in [0.15, 0.2) is 102 Å². The van der Waals surface area contributed by atoms with Crippen molar-refractivity contribution in [3.05, 3.63) is 130 Å². The van der Waals surface area contributed by atoms with E-state index < -0.39 is 55.7 Å². The highest BCUT2D eigenvalue weighted by atomic mass is 32.2. The zero-order valence-corrected chi connectivity index (χ0v) is 28.5. The van der Waals surface area contributed by atoms with Crippen LogP contribution in [0.4, 0.5) is 15.8 Å². The molecule has 4 aromatic rings. The van der Waals surface area contributed by atoms with Crippen LogP contribution < -0.4 is 14.4 Å². The summed E-state index contributed by atoms with van der Waals surface area (Å²) in [4.78, 5) is 40.4. The Labute approximate surface area is 285 Å². The van der Waals surface area contributed by atoms with Crippen molar-refractivity contribution in [2.75, 3.05) is 18.0 Å². The first kappa shape index (κ1) is 36.5. The predicted octanol–water partition coefficient (Wildman–Crippen LogP) is 5.80. The molecule has 13 heteroatoms. The average Bonchev–Trinajstić information content (AvgIpc) is 3.09. The molecule has 0 heterocycles. The number of ether oxygens (including phenoxy) is 1. The van der Waals surface area contributed by atoms with Gasteiger partial charge in [-0.2, -0.15) is 0 Å². The molecule has 258 valence electrons. The van der Waals surface area contributed by atoms with E-state index in [1.165, 1.54) is 79.6 Å². The minimum absolute atomic E-state index is 0.0859. The van der Waals surface area contributed by atoms with Gasteiger partial charge in [0.05, 0.1) is 22.6 Å². The van der Waals surface area contributed by atoms with E-state index >= 15 is 0 Å². The van der Waals surface area contributed by atoms with Crippen molar-refractivity contribution in [1.82, 2.24) is 10.2 Å². The monoisotopic (exact) mass is 690 g/mol. The van der Waals surface area contributed by atoms with Crippen molar-refractivity contribution >= 4 is 33.2 Å². The van der Waals surface area contributed by atoms with Crippen LogP contribution in [0.2, 0.25) is 0 Å². The molecule has 2 amide bonds. The summed E-state index contributed by atoms with van der Waals surface area (Å²) in [6.07, 6.45) is 0.734. The van der Waals surface area contributed by atoms with Crippen LogP contribution in [0.1, 0.15) is 37.0 Å². The Morgan fingerprint density at radius 2 is 1.61 bits per heavy atom. The molecule has 0 bridgehead atoms. The summed E-state index contributed by atoms with van der Waals surface area (Å²) in [7, 11) is -3.14. The molecule has 49 heavy (non-hydrogen) atoms. The van der Waals surface area contributed by atoms with Crippen LogP contribution in [0.3, 0.4) is 0 Å². The molecule has 1 N–H and O–H groups in total. The number of nitro groups is 1. The highest BCUT2D eigenvalue weighted by molar-refractivity contribution is 7.92. The van der Waals surface area contributed by atoms with Gasteiger partial charge in [-0.25, -0.2) is 12.8 Å². The molecular formula is C36H39FN4O7S. The van der Waals surface area contributed by atoms with Crippen LogP contribution in [-0.2, 0) is 32.6 Å². The number of hydrogen-bond acceptors (Lipinski definition) is 7. The second-order valence-corrected chi connectivity index (χ2v) is 13.4. The van der Waals surface area contributed by atoms with E-state index in [0.29, 0.717) is 17.7 Å². The van der Waals surface area contributed by atoms with E-state index in [1.54, 1.807) is 0 Å². The first-order valence-corrected chi connectivity index (χ1v) is 17.1. The van der Waals surface area contributed by atoms with Gasteiger partial charge < -0.3 is 15.0 Å². The van der Waals surface area contributed by atoms with Gasteiger partial charge in [-0.15, -0.1) is 0 Å². The molecule has 0 saturated heterocycles. The van der Waals surface area contributed by atoms with Crippen LogP contribution in [-0.4, -0.2) is 55.8 Å². The molecule has 0 unspecified atom stereocenters. The number of amides is 2. The Kier molecular flexibility index (Phi) is 12.1. The summed E-state index contributed by atoms with van der Waals surface area (Å²) < 4.78 is 48.5. The number of aryl methyl sites for hydroxylation is 1. The second-order valence-electron chi connectivity index (χ2n) is 11.6. The summed E-state index contributed by atoms with van der Waals surface area (Å²) in [6.45, 7) is 4.33. The lowest BCUT2D eigenvalue weighted by Crippen LogP contribution is -2.54. The number of anilines is 1. The highest BCUT2D eigenvalue weighted by Gasteiger charge is 2.35. The van der Waals surface area contributed by atoms with Gasteiger partial charge in [-0.3, -0.25) is 24.0 Å². The number of hydrogen-bond donors (Lipinski definition) is 1. The Morgan fingerprint density at radius 1 is 0.959 bits per heavy atom. The first-order valence-electron chi connectivity index (χ1n) is 15.6. The highest BCUT2D eigenvalue weighted by Crippen LogP contribution is 2.30. The minimum atomic E-state index is -4.59. The molecule has 0 aliphatic carbocycles. The van der Waals surface area contributed by atoms with Gasteiger partial charge in [0.15, 0.2) is 0 Å². The minimum Gasteiger partial charge on any atom is -0.497 e. The standard InChI is InChI=1S/C36H39FN4O7S/c1-5-26(3)38-36(43)34(21-27-9-7-6-8-10-27)39(23-28-12-14-29(37)15-13-28)35(42)24-40(30-16-18-31(48-4)19-17-30)49(46,47)32-20-11-25(2)33(22-32)41(44)45/h6-20,22,26,34H,5,21,23-24H2,1-4H3,(H,38,43)/t26-,34+/m1/s1. The molecule has 0 fully saturated rings. The molecule has 0 aliphatic heterocycles. The number of carbonyl (C=O) groups is 2. The van der Waals surface area contributed by atoms with Crippen molar-refractivity contribution in [1.29, 1.82) is 0 Å². The Hall–Kier alpha value is -5.30. The smallest absolute Gasteiger partial charge is 0.273 e. The second kappa shape index (κ2) is 16.2. The van der Waals surface area contributed by atoms with Gasteiger partial charge in [0.1, 0.15) is 24.2 Å². The lowest BCUT2D eigenvalue weighted by molar-refractivity contribution is -0.385. The van der Waals surface area contributed by atoms with Crippen LogP contribution in [0.5, 0.6) is 5.75 Å². The number of sulfonamides is 1. The van der Waals surface area contributed by atoms with E-state index in [1.807, 2.05) is 44.2 Å². The molecule has 2 atom stereocenters. The summed E-state index contributed by atoms with van der Waals surface area (Å²) in [5.41, 5.74) is 1.22. The first-order chi connectivity index (χ1) is 23.3. The van der Waals surface area contributed by atoms with E-state index in [9.17, 15) is 32.5 Å². The molecule has 0 aromatic heterocycles. The van der Waals surface area contributed by atoms with Gasteiger partial charge in [0, 0.05) is 30.6 Å². The normalized spacial score (nSPS) is 12.4. The third kappa shape index (κ3) is 9.20. The van der Waals surface area contributed by atoms with Gasteiger partial charge in [0.2, 0.25) is 11.8 Å². The predicted molar refractivity (Wildman–Crippen MR) is 184 cm³/mol. The number of nitrogens with zero attached hydrogens (tertiary/aromatic N) is 3. The number of methoxy groups -OCH3 is 1. The zero-order chi connectivity index (χ0) is 35.7. The van der Waals surface area contributed by atoms with E-state index in [4.69, 9.17) is 4.74 Å². The van der Waals surface area contributed by atoms with Gasteiger partial charge in [-0.1, -0.05) is 55.5 Å². The number of benzene rings is 4. The van der Waals surface area contributed by atoms with E-state index in [0.717, 1.165) is 15.9 Å². The van der Waals surface area contributed by atoms with Crippen LogP contribution >= 0.6 is 0 Å². The third-order valence-electron chi connectivity index (χ3n) is 8.14. The van der Waals surface area contributed by atoms with Crippen molar-refractivity contribution < 1.29 is 32.1 Å². The molecule has 0 saturated carbocycles. The molecule has 11 nitrogen and oxygen atoms in total. The Balaban J connectivity index is 1.84. The van der Waals surface area contributed by atoms with Crippen LogP contribution in [0, 0.1) is 22.9 Å². The molecule has 4 aromatic carbocycles. The summed E-state index contributed by atoms with van der Waals surface area (Å²) in [5, 5.41) is 14.7. The number of rotatable bonds is 15.